The van der Waals surface area contributed by atoms with Crippen LogP contribution in [0, 0.1) is 0 Å². The summed E-state index contributed by atoms with van der Waals surface area (Å²) in [4.78, 5) is 1.19. The molecule has 0 aliphatic carbocycles. The molecule has 0 saturated heterocycles. The van der Waals surface area contributed by atoms with Crippen LogP contribution in [0.2, 0.25) is 0 Å². The highest BCUT2D eigenvalue weighted by Gasteiger charge is 2.05. The summed E-state index contributed by atoms with van der Waals surface area (Å²) in [6.45, 7) is 1.20. The van der Waals surface area contributed by atoms with Crippen LogP contribution in [0.25, 0.3) is 0 Å². The normalized spacial score (nSPS) is 12.2. The molecule has 0 saturated carbocycles. The van der Waals surface area contributed by atoms with E-state index in [0.29, 0.717) is 25.4 Å². The SMILES string of the molecule is OC(CCOCc1ccccc1)CSc1ccccc1. The molecule has 0 heterocycles. The standard InChI is InChI=1S/C17H20O2S/c18-16(14-20-17-9-5-2-6-10-17)11-12-19-13-15-7-3-1-4-8-15/h1-10,16,18H,11-14H2. The predicted molar refractivity (Wildman–Crippen MR) is 83.9 cm³/mol. The Morgan fingerprint density at radius 2 is 1.60 bits per heavy atom. The van der Waals surface area contributed by atoms with Gasteiger partial charge in [0.15, 0.2) is 0 Å². The van der Waals surface area contributed by atoms with Crippen molar-refractivity contribution in [3.63, 3.8) is 0 Å². The summed E-state index contributed by atoms with van der Waals surface area (Å²) in [7, 11) is 0. The van der Waals surface area contributed by atoms with Crippen LogP contribution in [0.1, 0.15) is 12.0 Å². The lowest BCUT2D eigenvalue weighted by molar-refractivity contribution is 0.0816. The number of rotatable bonds is 8. The predicted octanol–water partition coefficient (Wildman–Crippen LogP) is 3.75. The Hall–Kier alpha value is -1.29. The summed E-state index contributed by atoms with van der Waals surface area (Å²) in [6, 6.07) is 20.2. The van der Waals surface area contributed by atoms with Gasteiger partial charge in [0.05, 0.1) is 12.7 Å². The fraction of sp³-hybridized carbons (Fsp3) is 0.294. The maximum absolute atomic E-state index is 9.91. The molecular formula is C17H20O2S. The van der Waals surface area contributed by atoms with Crippen LogP contribution < -0.4 is 0 Å². The first-order valence-corrected chi connectivity index (χ1v) is 7.81. The van der Waals surface area contributed by atoms with Crippen molar-refractivity contribution in [3.8, 4) is 0 Å². The minimum absolute atomic E-state index is 0.323. The highest BCUT2D eigenvalue weighted by atomic mass is 32.2. The van der Waals surface area contributed by atoms with Crippen molar-refractivity contribution < 1.29 is 9.84 Å². The fourth-order valence-corrected chi connectivity index (χ4v) is 2.68. The van der Waals surface area contributed by atoms with Crippen LogP contribution in [-0.4, -0.2) is 23.6 Å². The monoisotopic (exact) mass is 288 g/mol. The van der Waals surface area contributed by atoms with Crippen molar-refractivity contribution in [3.05, 3.63) is 66.2 Å². The molecular weight excluding hydrogens is 268 g/mol. The summed E-state index contributed by atoms with van der Waals surface area (Å²) >= 11 is 1.68. The van der Waals surface area contributed by atoms with Crippen molar-refractivity contribution in [1.29, 1.82) is 0 Å². The van der Waals surface area contributed by atoms with Gasteiger partial charge in [-0.2, -0.15) is 0 Å². The molecule has 0 spiro atoms. The Kier molecular flexibility index (Phi) is 6.64. The Bertz CT molecular complexity index is 473. The Morgan fingerprint density at radius 3 is 2.30 bits per heavy atom. The van der Waals surface area contributed by atoms with Crippen molar-refractivity contribution in [2.45, 2.75) is 24.0 Å². The van der Waals surface area contributed by atoms with E-state index in [1.165, 1.54) is 10.5 Å². The van der Waals surface area contributed by atoms with E-state index in [1.807, 2.05) is 48.5 Å². The molecule has 0 radical (unpaired) electrons. The van der Waals surface area contributed by atoms with Gasteiger partial charge in [-0.05, 0) is 24.1 Å². The lowest BCUT2D eigenvalue weighted by atomic mass is 10.2. The van der Waals surface area contributed by atoms with E-state index in [-0.39, 0.29) is 6.10 Å². The van der Waals surface area contributed by atoms with Gasteiger partial charge in [0.1, 0.15) is 0 Å². The Morgan fingerprint density at radius 1 is 0.950 bits per heavy atom. The van der Waals surface area contributed by atoms with Crippen LogP contribution in [0.15, 0.2) is 65.6 Å². The highest BCUT2D eigenvalue weighted by molar-refractivity contribution is 7.99. The molecule has 20 heavy (non-hydrogen) atoms. The van der Waals surface area contributed by atoms with Gasteiger partial charge in [-0.1, -0.05) is 48.5 Å². The third-order valence-electron chi connectivity index (χ3n) is 2.89. The van der Waals surface area contributed by atoms with Gasteiger partial charge in [0.2, 0.25) is 0 Å². The lowest BCUT2D eigenvalue weighted by Crippen LogP contribution is -2.13. The van der Waals surface area contributed by atoms with Gasteiger partial charge >= 0.3 is 0 Å². The van der Waals surface area contributed by atoms with Crippen LogP contribution >= 0.6 is 11.8 Å². The van der Waals surface area contributed by atoms with E-state index in [1.54, 1.807) is 11.8 Å². The number of benzene rings is 2. The van der Waals surface area contributed by atoms with Crippen molar-refractivity contribution in [2.24, 2.45) is 0 Å². The maximum atomic E-state index is 9.91. The van der Waals surface area contributed by atoms with Crippen molar-refractivity contribution in [1.82, 2.24) is 0 Å². The molecule has 0 bridgehead atoms. The number of ether oxygens (including phenoxy) is 1. The average molecular weight is 288 g/mol. The van der Waals surface area contributed by atoms with E-state index in [2.05, 4.69) is 12.1 Å². The second kappa shape index (κ2) is 8.80. The molecule has 2 rings (SSSR count). The average Bonchev–Trinajstić information content (AvgIpc) is 2.52. The molecule has 2 nitrogen and oxygen atoms in total. The van der Waals surface area contributed by atoms with Gasteiger partial charge in [-0.15, -0.1) is 11.8 Å². The van der Waals surface area contributed by atoms with Gasteiger partial charge in [0, 0.05) is 17.3 Å². The zero-order valence-electron chi connectivity index (χ0n) is 11.4. The second-order valence-corrected chi connectivity index (χ2v) is 5.70. The van der Waals surface area contributed by atoms with Crippen molar-refractivity contribution in [2.75, 3.05) is 12.4 Å². The highest BCUT2D eigenvalue weighted by Crippen LogP contribution is 2.18. The second-order valence-electron chi connectivity index (χ2n) is 4.60. The molecule has 0 aromatic heterocycles. The van der Waals surface area contributed by atoms with Crippen LogP contribution in [-0.2, 0) is 11.3 Å². The van der Waals surface area contributed by atoms with Crippen LogP contribution in [0.5, 0.6) is 0 Å². The smallest absolute Gasteiger partial charge is 0.0716 e. The van der Waals surface area contributed by atoms with Gasteiger partial charge < -0.3 is 9.84 Å². The van der Waals surface area contributed by atoms with Crippen LogP contribution in [0.4, 0.5) is 0 Å². The lowest BCUT2D eigenvalue weighted by Gasteiger charge is -2.10. The number of aliphatic hydroxyl groups excluding tert-OH is 1. The molecule has 106 valence electrons. The molecule has 2 aromatic carbocycles. The van der Waals surface area contributed by atoms with Gasteiger partial charge in [-0.3, -0.25) is 0 Å². The zero-order valence-corrected chi connectivity index (χ0v) is 12.3. The summed E-state index contributed by atoms with van der Waals surface area (Å²) in [5.74, 6) is 0.707. The first-order valence-electron chi connectivity index (χ1n) is 6.82. The molecule has 0 fully saturated rings. The first kappa shape index (κ1) is 15.1. The van der Waals surface area contributed by atoms with E-state index < -0.39 is 0 Å². The largest absolute Gasteiger partial charge is 0.392 e. The van der Waals surface area contributed by atoms with Gasteiger partial charge in [-0.25, -0.2) is 0 Å². The molecule has 0 aliphatic rings. The molecule has 3 heteroatoms. The molecule has 0 aliphatic heterocycles. The van der Waals surface area contributed by atoms with E-state index in [9.17, 15) is 5.11 Å². The molecule has 0 amide bonds. The third-order valence-corrected chi connectivity index (χ3v) is 4.05. The summed E-state index contributed by atoms with van der Waals surface area (Å²) in [5.41, 5.74) is 1.17. The Balaban J connectivity index is 1.57. The quantitative estimate of drug-likeness (QED) is 0.592. The minimum Gasteiger partial charge on any atom is -0.392 e. The first-order chi connectivity index (χ1) is 9.84. The molecule has 2 aromatic rings. The number of hydrogen-bond donors (Lipinski definition) is 1. The fourth-order valence-electron chi connectivity index (χ4n) is 1.78. The minimum atomic E-state index is -0.323. The Labute approximate surface area is 124 Å². The van der Waals surface area contributed by atoms with Gasteiger partial charge in [0.25, 0.3) is 0 Å². The summed E-state index contributed by atoms with van der Waals surface area (Å²) in [6.07, 6.45) is 0.350. The summed E-state index contributed by atoms with van der Waals surface area (Å²) < 4.78 is 5.57. The zero-order chi connectivity index (χ0) is 14.0. The molecule has 1 atom stereocenters. The van der Waals surface area contributed by atoms with Crippen LogP contribution in [0.3, 0.4) is 0 Å². The third kappa shape index (κ3) is 5.78. The summed E-state index contributed by atoms with van der Waals surface area (Å²) in [5, 5.41) is 9.91. The molecule has 1 unspecified atom stereocenters. The van der Waals surface area contributed by atoms with Crippen molar-refractivity contribution >= 4 is 11.8 Å². The molecule has 1 N–H and O–H groups in total. The van der Waals surface area contributed by atoms with E-state index in [4.69, 9.17) is 4.74 Å². The topological polar surface area (TPSA) is 29.5 Å². The number of thioether (sulfide) groups is 1. The number of hydrogen-bond acceptors (Lipinski definition) is 3. The van der Waals surface area contributed by atoms with E-state index in [0.717, 1.165) is 0 Å². The maximum Gasteiger partial charge on any atom is 0.0716 e. The number of aliphatic hydroxyl groups is 1. The van der Waals surface area contributed by atoms with E-state index >= 15 is 0 Å².